The Morgan fingerprint density at radius 2 is 1.94 bits per heavy atom. The number of carbonyl (C=O) groups excluding carboxylic acids is 3. The zero-order valence-corrected chi connectivity index (χ0v) is 18.3. The molecule has 2 heterocycles. The first-order valence-corrected chi connectivity index (χ1v) is 10.7. The fraction of sp³-hybridized carbons (Fsp3) is 0.650. The van der Waals surface area contributed by atoms with Crippen LogP contribution in [0.5, 0.6) is 0 Å². The molecule has 1 aromatic heterocycles. The predicted octanol–water partition coefficient (Wildman–Crippen LogP) is -1.72. The fourth-order valence-electron chi connectivity index (χ4n) is 3.41. The monoisotopic (exact) mass is 452 g/mol. The van der Waals surface area contributed by atoms with Gasteiger partial charge in [-0.05, 0) is 25.3 Å². The van der Waals surface area contributed by atoms with Crippen LogP contribution in [0.15, 0.2) is 12.5 Å². The van der Waals surface area contributed by atoms with E-state index in [1.165, 1.54) is 12.5 Å². The lowest BCUT2D eigenvalue weighted by atomic mass is 9.97. The second-order valence-electron chi connectivity index (χ2n) is 7.94. The standard InChI is InChI=1S/C20H32N6O6/c1-3-11(2)16(19(30)24-14(20(31)32)7-12-8-21-10-23-12)26-18(29)15(9-27)25-17(28)13-5-4-6-22-13/h8,10-11,13-16,22,27H,3-7,9H2,1-2H3,(H,21,23)(H,24,30)(H,25,28)(H,26,29)(H,31,32). The van der Waals surface area contributed by atoms with Crippen molar-refractivity contribution < 1.29 is 29.4 Å². The van der Waals surface area contributed by atoms with Crippen molar-refractivity contribution >= 4 is 23.7 Å². The first-order chi connectivity index (χ1) is 15.3. The quantitative estimate of drug-likeness (QED) is 0.195. The van der Waals surface area contributed by atoms with Gasteiger partial charge < -0.3 is 36.5 Å². The molecule has 12 nitrogen and oxygen atoms in total. The molecule has 1 fully saturated rings. The smallest absolute Gasteiger partial charge is 0.326 e. The zero-order chi connectivity index (χ0) is 23.7. The maximum absolute atomic E-state index is 12.9. The Morgan fingerprint density at radius 1 is 1.19 bits per heavy atom. The van der Waals surface area contributed by atoms with E-state index in [1.807, 2.05) is 6.92 Å². The van der Waals surface area contributed by atoms with Crippen LogP contribution in [0, 0.1) is 5.92 Å². The van der Waals surface area contributed by atoms with Gasteiger partial charge in [0.1, 0.15) is 18.1 Å². The topological polar surface area (TPSA) is 186 Å². The number of aromatic nitrogens is 2. The Morgan fingerprint density at radius 3 is 2.47 bits per heavy atom. The molecule has 32 heavy (non-hydrogen) atoms. The molecule has 5 atom stereocenters. The number of hydrogen-bond acceptors (Lipinski definition) is 7. The van der Waals surface area contributed by atoms with Crippen LogP contribution >= 0.6 is 0 Å². The Balaban J connectivity index is 2.04. The van der Waals surface area contributed by atoms with E-state index in [4.69, 9.17) is 0 Å². The highest BCUT2D eigenvalue weighted by Crippen LogP contribution is 2.10. The van der Waals surface area contributed by atoms with Crippen LogP contribution in [0.2, 0.25) is 0 Å². The van der Waals surface area contributed by atoms with E-state index < -0.39 is 54.5 Å². The summed E-state index contributed by atoms with van der Waals surface area (Å²) in [5, 5.41) is 29.6. The number of aliphatic hydroxyl groups excluding tert-OH is 1. The van der Waals surface area contributed by atoms with Gasteiger partial charge in [-0.3, -0.25) is 14.4 Å². The Kier molecular flexibility index (Phi) is 9.60. The average Bonchev–Trinajstić information content (AvgIpc) is 3.48. The van der Waals surface area contributed by atoms with E-state index in [0.29, 0.717) is 25.1 Å². The number of carboxylic acids is 1. The average molecular weight is 453 g/mol. The molecule has 178 valence electrons. The van der Waals surface area contributed by atoms with Crippen molar-refractivity contribution in [1.82, 2.24) is 31.2 Å². The van der Waals surface area contributed by atoms with Gasteiger partial charge in [0.25, 0.3) is 0 Å². The highest BCUT2D eigenvalue weighted by Gasteiger charge is 2.33. The number of nitrogens with zero attached hydrogens (tertiary/aromatic N) is 1. The molecule has 0 saturated carbocycles. The van der Waals surface area contributed by atoms with E-state index in [0.717, 1.165) is 6.42 Å². The molecule has 12 heteroatoms. The Labute approximate surface area is 185 Å². The molecule has 0 aromatic carbocycles. The van der Waals surface area contributed by atoms with E-state index in [9.17, 15) is 29.4 Å². The van der Waals surface area contributed by atoms with Crippen molar-refractivity contribution in [2.24, 2.45) is 5.92 Å². The van der Waals surface area contributed by atoms with Crippen LogP contribution in [-0.4, -0.2) is 81.2 Å². The van der Waals surface area contributed by atoms with Crippen LogP contribution in [0.3, 0.4) is 0 Å². The molecule has 1 aromatic rings. The summed E-state index contributed by atoms with van der Waals surface area (Å²) in [5.74, 6) is -3.34. The van der Waals surface area contributed by atoms with Gasteiger partial charge in [0.15, 0.2) is 0 Å². The van der Waals surface area contributed by atoms with E-state index in [1.54, 1.807) is 6.92 Å². The van der Waals surface area contributed by atoms with Crippen molar-refractivity contribution in [2.45, 2.75) is 63.7 Å². The highest BCUT2D eigenvalue weighted by molar-refractivity contribution is 5.94. The number of aliphatic carboxylic acids is 1. The van der Waals surface area contributed by atoms with Gasteiger partial charge in [-0.2, -0.15) is 0 Å². The number of nitrogens with one attached hydrogen (secondary N) is 5. The van der Waals surface area contributed by atoms with E-state index in [-0.39, 0.29) is 12.3 Å². The number of rotatable bonds is 12. The van der Waals surface area contributed by atoms with Crippen LogP contribution in [0.25, 0.3) is 0 Å². The van der Waals surface area contributed by atoms with Crippen molar-refractivity contribution in [3.8, 4) is 0 Å². The SMILES string of the molecule is CCC(C)C(NC(=O)C(CO)NC(=O)C1CCCN1)C(=O)NC(Cc1cnc[nH]1)C(=O)O. The zero-order valence-electron chi connectivity index (χ0n) is 18.3. The van der Waals surface area contributed by atoms with Crippen molar-refractivity contribution in [3.05, 3.63) is 18.2 Å². The van der Waals surface area contributed by atoms with Gasteiger partial charge >= 0.3 is 5.97 Å². The number of imidazole rings is 1. The summed E-state index contributed by atoms with van der Waals surface area (Å²) in [7, 11) is 0. The van der Waals surface area contributed by atoms with Gasteiger partial charge in [-0.15, -0.1) is 0 Å². The van der Waals surface area contributed by atoms with Gasteiger partial charge in [-0.25, -0.2) is 9.78 Å². The van der Waals surface area contributed by atoms with Gasteiger partial charge in [0, 0.05) is 18.3 Å². The third kappa shape index (κ3) is 7.02. The highest BCUT2D eigenvalue weighted by atomic mass is 16.4. The summed E-state index contributed by atoms with van der Waals surface area (Å²) in [6.07, 6.45) is 4.86. The van der Waals surface area contributed by atoms with Gasteiger partial charge in [0.2, 0.25) is 17.7 Å². The minimum absolute atomic E-state index is 0.00798. The molecular formula is C20H32N6O6. The second-order valence-corrected chi connectivity index (χ2v) is 7.94. The molecule has 5 unspecified atom stereocenters. The normalized spacial score (nSPS) is 19.4. The first kappa shape index (κ1) is 25.3. The number of carboxylic acid groups (broad SMARTS) is 1. The van der Waals surface area contributed by atoms with E-state index >= 15 is 0 Å². The molecule has 1 aliphatic heterocycles. The van der Waals surface area contributed by atoms with Gasteiger partial charge in [0.05, 0.1) is 19.0 Å². The minimum Gasteiger partial charge on any atom is -0.480 e. The molecular weight excluding hydrogens is 420 g/mol. The number of aromatic amines is 1. The summed E-state index contributed by atoms with van der Waals surface area (Å²) in [5.41, 5.74) is 0.533. The third-order valence-electron chi connectivity index (χ3n) is 5.58. The Bertz CT molecular complexity index is 780. The number of carbonyl (C=O) groups is 4. The molecule has 0 bridgehead atoms. The molecule has 2 rings (SSSR count). The minimum atomic E-state index is -1.23. The van der Waals surface area contributed by atoms with E-state index in [2.05, 4.69) is 31.2 Å². The molecule has 7 N–H and O–H groups in total. The third-order valence-corrected chi connectivity index (χ3v) is 5.58. The predicted molar refractivity (Wildman–Crippen MR) is 113 cm³/mol. The lowest BCUT2D eigenvalue weighted by molar-refractivity contribution is -0.142. The number of hydrogen-bond donors (Lipinski definition) is 7. The summed E-state index contributed by atoms with van der Waals surface area (Å²) in [4.78, 5) is 56.1. The molecule has 1 saturated heterocycles. The summed E-state index contributed by atoms with van der Waals surface area (Å²) in [6, 6.07) is -3.94. The van der Waals surface area contributed by atoms with Crippen molar-refractivity contribution in [1.29, 1.82) is 0 Å². The Hall–Kier alpha value is -2.99. The summed E-state index contributed by atoms with van der Waals surface area (Å²) in [6.45, 7) is 3.63. The molecule has 0 spiro atoms. The molecule has 1 aliphatic rings. The number of aliphatic hydroxyl groups is 1. The van der Waals surface area contributed by atoms with Crippen LogP contribution in [-0.2, 0) is 25.6 Å². The lowest BCUT2D eigenvalue weighted by Gasteiger charge is -2.27. The van der Waals surface area contributed by atoms with Crippen molar-refractivity contribution in [2.75, 3.05) is 13.2 Å². The largest absolute Gasteiger partial charge is 0.480 e. The van der Waals surface area contributed by atoms with Gasteiger partial charge in [-0.1, -0.05) is 20.3 Å². The summed E-state index contributed by atoms with van der Waals surface area (Å²) < 4.78 is 0. The number of H-pyrrole nitrogens is 1. The van der Waals surface area contributed by atoms with Crippen LogP contribution < -0.4 is 21.3 Å². The first-order valence-electron chi connectivity index (χ1n) is 10.7. The number of amides is 3. The fourth-order valence-corrected chi connectivity index (χ4v) is 3.41. The summed E-state index contributed by atoms with van der Waals surface area (Å²) >= 11 is 0. The van der Waals surface area contributed by atoms with Crippen LogP contribution in [0.4, 0.5) is 0 Å². The second kappa shape index (κ2) is 12.2. The molecule has 0 radical (unpaired) electrons. The maximum atomic E-state index is 12.9. The maximum Gasteiger partial charge on any atom is 0.326 e. The lowest BCUT2D eigenvalue weighted by Crippen LogP contribution is -2.59. The van der Waals surface area contributed by atoms with Crippen LogP contribution in [0.1, 0.15) is 38.8 Å². The molecule has 3 amide bonds. The van der Waals surface area contributed by atoms with Crippen molar-refractivity contribution in [3.63, 3.8) is 0 Å². The molecule has 0 aliphatic carbocycles.